The molecular formula is C12H15ClN4O. The summed E-state index contributed by atoms with van der Waals surface area (Å²) in [6.45, 7) is 4.77. The maximum atomic E-state index is 11.5. The monoisotopic (exact) mass is 266 g/mol. The predicted molar refractivity (Wildman–Crippen MR) is 70.3 cm³/mol. The molecule has 0 aliphatic heterocycles. The number of pyridine rings is 1. The van der Waals surface area contributed by atoms with Crippen molar-refractivity contribution in [2.75, 3.05) is 18.4 Å². The van der Waals surface area contributed by atoms with Crippen LogP contribution in [0.15, 0.2) is 12.1 Å². The first-order valence-corrected chi connectivity index (χ1v) is 5.97. The molecule has 0 aliphatic rings. The maximum absolute atomic E-state index is 11.5. The second kappa shape index (κ2) is 6.82. The van der Waals surface area contributed by atoms with Gasteiger partial charge in [0.2, 0.25) is 5.91 Å². The zero-order valence-corrected chi connectivity index (χ0v) is 11.1. The van der Waals surface area contributed by atoms with Gasteiger partial charge in [-0.05, 0) is 18.1 Å². The second-order valence-electron chi connectivity index (χ2n) is 4.23. The lowest BCUT2D eigenvalue weighted by molar-refractivity contribution is -0.119. The number of nitrogens with one attached hydrogen (secondary N) is 2. The topological polar surface area (TPSA) is 77.8 Å². The highest BCUT2D eigenvalue weighted by atomic mass is 35.5. The molecule has 0 radical (unpaired) electrons. The Hall–Kier alpha value is -1.80. The van der Waals surface area contributed by atoms with Crippen LogP contribution >= 0.6 is 11.6 Å². The van der Waals surface area contributed by atoms with Gasteiger partial charge in [-0.1, -0.05) is 25.4 Å². The number of rotatable bonds is 5. The van der Waals surface area contributed by atoms with Crippen molar-refractivity contribution in [1.29, 1.82) is 5.26 Å². The number of anilines is 1. The van der Waals surface area contributed by atoms with Crippen LogP contribution in [0.2, 0.25) is 5.15 Å². The Kier molecular flexibility index (Phi) is 5.40. The summed E-state index contributed by atoms with van der Waals surface area (Å²) in [5, 5.41) is 14.6. The Morgan fingerprint density at radius 2 is 2.28 bits per heavy atom. The lowest BCUT2D eigenvalue weighted by Gasteiger charge is -2.09. The molecule has 0 saturated carbocycles. The van der Waals surface area contributed by atoms with E-state index in [2.05, 4.69) is 15.6 Å². The van der Waals surface area contributed by atoms with Gasteiger partial charge in [-0.2, -0.15) is 5.26 Å². The van der Waals surface area contributed by atoms with E-state index in [0.29, 0.717) is 23.8 Å². The van der Waals surface area contributed by atoms with Crippen molar-refractivity contribution in [2.45, 2.75) is 13.8 Å². The van der Waals surface area contributed by atoms with E-state index >= 15 is 0 Å². The van der Waals surface area contributed by atoms with Crippen molar-refractivity contribution in [2.24, 2.45) is 5.92 Å². The second-order valence-corrected chi connectivity index (χ2v) is 4.61. The minimum absolute atomic E-state index is 0.102. The SMILES string of the molecule is CC(C)CNC(=O)CNc1cc(C#N)cc(Cl)n1. The first kappa shape index (κ1) is 14.3. The highest BCUT2D eigenvalue weighted by Crippen LogP contribution is 2.13. The Balaban J connectivity index is 2.51. The molecule has 0 fully saturated rings. The van der Waals surface area contributed by atoms with Gasteiger partial charge in [-0.15, -0.1) is 0 Å². The molecule has 0 aliphatic carbocycles. The summed E-state index contributed by atoms with van der Waals surface area (Å²) in [6.07, 6.45) is 0. The third-order valence-corrected chi connectivity index (χ3v) is 2.25. The molecule has 0 atom stereocenters. The van der Waals surface area contributed by atoms with Gasteiger partial charge in [-0.3, -0.25) is 4.79 Å². The molecule has 5 nitrogen and oxygen atoms in total. The van der Waals surface area contributed by atoms with Crippen LogP contribution < -0.4 is 10.6 Å². The molecule has 1 aromatic heterocycles. The molecule has 0 spiro atoms. The molecule has 0 saturated heterocycles. The van der Waals surface area contributed by atoms with Gasteiger partial charge in [0.1, 0.15) is 11.0 Å². The third kappa shape index (κ3) is 5.02. The van der Waals surface area contributed by atoms with Crippen LogP contribution in [-0.4, -0.2) is 24.0 Å². The van der Waals surface area contributed by atoms with E-state index in [1.807, 2.05) is 19.9 Å². The van der Waals surface area contributed by atoms with E-state index < -0.39 is 0 Å². The van der Waals surface area contributed by atoms with Crippen molar-refractivity contribution in [1.82, 2.24) is 10.3 Å². The molecule has 96 valence electrons. The summed E-state index contributed by atoms with van der Waals surface area (Å²) in [4.78, 5) is 15.4. The number of nitriles is 1. The van der Waals surface area contributed by atoms with Gasteiger partial charge in [0.05, 0.1) is 18.2 Å². The standard InChI is InChI=1S/C12H15ClN4O/c1-8(2)6-16-12(18)7-15-11-4-9(5-14)3-10(13)17-11/h3-4,8H,6-7H2,1-2H3,(H,15,17)(H,16,18). The number of nitrogens with zero attached hydrogens (tertiary/aromatic N) is 2. The molecule has 1 amide bonds. The van der Waals surface area contributed by atoms with Crippen molar-refractivity contribution < 1.29 is 4.79 Å². The van der Waals surface area contributed by atoms with Crippen molar-refractivity contribution in [3.8, 4) is 6.07 Å². The average molecular weight is 267 g/mol. The highest BCUT2D eigenvalue weighted by molar-refractivity contribution is 6.29. The van der Waals surface area contributed by atoms with Crippen LogP contribution in [0.1, 0.15) is 19.4 Å². The smallest absolute Gasteiger partial charge is 0.239 e. The molecule has 0 aromatic carbocycles. The van der Waals surface area contributed by atoms with Crippen LogP contribution in [0, 0.1) is 17.2 Å². The number of hydrogen-bond donors (Lipinski definition) is 2. The summed E-state index contributed by atoms with van der Waals surface area (Å²) >= 11 is 5.74. The van der Waals surface area contributed by atoms with Crippen molar-refractivity contribution in [3.05, 3.63) is 22.8 Å². The molecule has 6 heteroatoms. The van der Waals surface area contributed by atoms with Gasteiger partial charge in [0, 0.05) is 6.54 Å². The third-order valence-electron chi connectivity index (χ3n) is 2.06. The predicted octanol–water partition coefficient (Wildman–Crippen LogP) is 1.79. The van der Waals surface area contributed by atoms with Crippen LogP contribution in [0.25, 0.3) is 0 Å². The summed E-state index contributed by atoms with van der Waals surface area (Å²) in [5.74, 6) is 0.700. The maximum Gasteiger partial charge on any atom is 0.239 e. The molecule has 1 aromatic rings. The Labute approximate surface area is 111 Å². The van der Waals surface area contributed by atoms with E-state index in [1.54, 1.807) is 6.07 Å². The van der Waals surface area contributed by atoms with Gasteiger partial charge in [0.15, 0.2) is 0 Å². The van der Waals surface area contributed by atoms with Crippen LogP contribution in [0.5, 0.6) is 0 Å². The number of carbonyl (C=O) groups excluding carboxylic acids is 1. The lowest BCUT2D eigenvalue weighted by Crippen LogP contribution is -2.32. The van der Waals surface area contributed by atoms with Crippen molar-refractivity contribution in [3.63, 3.8) is 0 Å². The number of halogens is 1. The summed E-state index contributed by atoms with van der Waals surface area (Å²) < 4.78 is 0. The number of amides is 1. The molecule has 18 heavy (non-hydrogen) atoms. The number of hydrogen-bond acceptors (Lipinski definition) is 4. The molecule has 0 bridgehead atoms. The molecule has 2 N–H and O–H groups in total. The fourth-order valence-electron chi connectivity index (χ4n) is 1.20. The molecule has 1 rings (SSSR count). The molecule has 0 unspecified atom stereocenters. The van der Waals surface area contributed by atoms with E-state index in [1.165, 1.54) is 6.07 Å². The van der Waals surface area contributed by atoms with Gasteiger partial charge < -0.3 is 10.6 Å². The van der Waals surface area contributed by atoms with Crippen LogP contribution in [0.3, 0.4) is 0 Å². The van der Waals surface area contributed by atoms with Crippen LogP contribution in [-0.2, 0) is 4.79 Å². The molecular weight excluding hydrogens is 252 g/mol. The average Bonchev–Trinajstić information content (AvgIpc) is 2.33. The Morgan fingerprint density at radius 1 is 1.56 bits per heavy atom. The number of aromatic nitrogens is 1. The fourth-order valence-corrected chi connectivity index (χ4v) is 1.41. The van der Waals surface area contributed by atoms with E-state index in [0.717, 1.165) is 0 Å². The quantitative estimate of drug-likeness (QED) is 0.797. The van der Waals surface area contributed by atoms with Gasteiger partial charge in [0.25, 0.3) is 0 Å². The van der Waals surface area contributed by atoms with E-state index in [-0.39, 0.29) is 17.6 Å². The van der Waals surface area contributed by atoms with E-state index in [4.69, 9.17) is 16.9 Å². The largest absolute Gasteiger partial charge is 0.361 e. The zero-order valence-electron chi connectivity index (χ0n) is 10.3. The lowest BCUT2D eigenvalue weighted by atomic mass is 10.2. The summed E-state index contributed by atoms with van der Waals surface area (Å²) in [6, 6.07) is 4.98. The van der Waals surface area contributed by atoms with Gasteiger partial charge in [-0.25, -0.2) is 4.98 Å². The first-order valence-electron chi connectivity index (χ1n) is 5.59. The normalized spacial score (nSPS) is 9.94. The highest BCUT2D eigenvalue weighted by Gasteiger charge is 2.04. The molecule has 1 heterocycles. The van der Waals surface area contributed by atoms with Crippen LogP contribution in [0.4, 0.5) is 5.82 Å². The van der Waals surface area contributed by atoms with E-state index in [9.17, 15) is 4.79 Å². The summed E-state index contributed by atoms with van der Waals surface area (Å²) in [7, 11) is 0. The fraction of sp³-hybridized carbons (Fsp3) is 0.417. The summed E-state index contributed by atoms with van der Waals surface area (Å²) in [5.41, 5.74) is 0.403. The number of carbonyl (C=O) groups is 1. The zero-order chi connectivity index (χ0) is 13.5. The minimum Gasteiger partial charge on any atom is -0.361 e. The minimum atomic E-state index is -0.121. The van der Waals surface area contributed by atoms with Crippen molar-refractivity contribution >= 4 is 23.3 Å². The Morgan fingerprint density at radius 3 is 2.89 bits per heavy atom. The first-order chi connectivity index (χ1) is 8.51. The Bertz CT molecular complexity index is 468. The van der Waals surface area contributed by atoms with Gasteiger partial charge >= 0.3 is 0 Å².